The third-order valence-electron chi connectivity index (χ3n) is 4.73. The molecule has 1 aromatic heterocycles. The van der Waals surface area contributed by atoms with E-state index in [0.29, 0.717) is 16.6 Å². The number of nitrogens with zero attached hydrogens (tertiary/aromatic N) is 2. The highest BCUT2D eigenvalue weighted by molar-refractivity contribution is 7.18. The summed E-state index contributed by atoms with van der Waals surface area (Å²) >= 11 is 1.28. The molecule has 0 aliphatic rings. The van der Waals surface area contributed by atoms with E-state index in [1.807, 2.05) is 38.1 Å². The van der Waals surface area contributed by atoms with Gasteiger partial charge in [0.15, 0.2) is 0 Å². The summed E-state index contributed by atoms with van der Waals surface area (Å²) in [7, 11) is 1.61. The Hall–Kier alpha value is -2.48. The topological polar surface area (TPSA) is 93.2 Å². The Kier molecular flexibility index (Phi) is 8.56. The molecule has 2 rings (SSSR count). The Balaban J connectivity index is 2.01. The average molecular weight is 447 g/mol. The number of amides is 2. The first-order valence-electron chi connectivity index (χ1n) is 10.6. The van der Waals surface area contributed by atoms with E-state index < -0.39 is 6.04 Å². The predicted octanol–water partition coefficient (Wildman–Crippen LogP) is 4.76. The molecule has 8 heteroatoms. The van der Waals surface area contributed by atoms with Crippen LogP contribution in [0.2, 0.25) is 0 Å². The number of anilines is 1. The zero-order valence-corrected chi connectivity index (χ0v) is 20.3. The number of carbonyl (C=O) groups excluding carboxylic acids is 2. The molecule has 0 radical (unpaired) electrons. The van der Waals surface area contributed by atoms with Gasteiger partial charge >= 0.3 is 0 Å². The van der Waals surface area contributed by atoms with Crippen LogP contribution in [-0.2, 0) is 9.59 Å². The Morgan fingerprint density at radius 3 is 2.48 bits per heavy atom. The number of nitrogens with one attached hydrogen (secondary N) is 2. The van der Waals surface area contributed by atoms with Gasteiger partial charge in [-0.2, -0.15) is 0 Å². The number of hydrogen-bond acceptors (Lipinski definition) is 6. The fraction of sp³-hybridized carbons (Fsp3) is 0.565. The Morgan fingerprint density at radius 1 is 1.16 bits per heavy atom. The van der Waals surface area contributed by atoms with Gasteiger partial charge in [0.05, 0.1) is 7.11 Å². The van der Waals surface area contributed by atoms with E-state index in [0.717, 1.165) is 17.7 Å². The van der Waals surface area contributed by atoms with Gasteiger partial charge in [-0.15, -0.1) is 10.2 Å². The van der Waals surface area contributed by atoms with E-state index >= 15 is 0 Å². The lowest BCUT2D eigenvalue weighted by Crippen LogP contribution is -2.47. The summed E-state index contributed by atoms with van der Waals surface area (Å²) in [6.45, 7) is 12.4. The van der Waals surface area contributed by atoms with Crippen molar-refractivity contribution in [2.75, 3.05) is 12.4 Å². The van der Waals surface area contributed by atoms with Crippen molar-refractivity contribution in [1.29, 1.82) is 0 Å². The molecule has 170 valence electrons. The minimum atomic E-state index is -0.640. The van der Waals surface area contributed by atoms with E-state index in [2.05, 4.69) is 48.5 Å². The summed E-state index contributed by atoms with van der Waals surface area (Å²) in [5, 5.41) is 15.0. The summed E-state index contributed by atoms with van der Waals surface area (Å²) in [4.78, 5) is 25.4. The number of ether oxygens (including phenoxy) is 1. The standard InChI is InChI=1S/C23H34N4O3S/c1-14(2)19(24-18(28)11-15(3)13-23(4,5)6)20(29)25-22-27-26-21(31-22)16-9-8-10-17(12-16)30-7/h8-10,12,14-15,19H,11,13H2,1-7H3,(H,24,28)(H,25,27,29). The van der Waals surface area contributed by atoms with Crippen LogP contribution in [0.25, 0.3) is 10.6 Å². The van der Waals surface area contributed by atoms with Crippen LogP contribution in [0.15, 0.2) is 24.3 Å². The zero-order valence-electron chi connectivity index (χ0n) is 19.5. The van der Waals surface area contributed by atoms with E-state index in [9.17, 15) is 9.59 Å². The third kappa shape index (κ3) is 7.94. The number of hydrogen-bond donors (Lipinski definition) is 2. The lowest BCUT2D eigenvalue weighted by atomic mass is 9.84. The predicted molar refractivity (Wildman–Crippen MR) is 125 cm³/mol. The molecule has 1 aromatic carbocycles. The minimum absolute atomic E-state index is 0.0624. The molecule has 0 fully saturated rings. The molecule has 0 saturated heterocycles. The lowest BCUT2D eigenvalue weighted by molar-refractivity contribution is -0.128. The molecule has 31 heavy (non-hydrogen) atoms. The van der Waals surface area contributed by atoms with Gasteiger partial charge < -0.3 is 10.1 Å². The smallest absolute Gasteiger partial charge is 0.249 e. The summed E-state index contributed by atoms with van der Waals surface area (Å²) in [5.74, 6) is 0.499. The third-order valence-corrected chi connectivity index (χ3v) is 5.62. The molecule has 0 saturated carbocycles. The molecule has 0 bridgehead atoms. The first-order chi connectivity index (χ1) is 14.5. The van der Waals surface area contributed by atoms with Crippen LogP contribution >= 0.6 is 11.3 Å². The van der Waals surface area contributed by atoms with Gasteiger partial charge in [0.25, 0.3) is 0 Å². The highest BCUT2D eigenvalue weighted by Gasteiger charge is 2.26. The first kappa shape index (κ1) is 24.8. The average Bonchev–Trinajstić information content (AvgIpc) is 3.12. The van der Waals surface area contributed by atoms with Crippen LogP contribution in [0.5, 0.6) is 5.75 Å². The number of aromatic nitrogens is 2. The van der Waals surface area contributed by atoms with Crippen LogP contribution in [-0.4, -0.2) is 35.2 Å². The van der Waals surface area contributed by atoms with Crippen LogP contribution in [0, 0.1) is 17.3 Å². The van der Waals surface area contributed by atoms with Gasteiger partial charge in [0.2, 0.25) is 16.9 Å². The molecule has 2 atom stereocenters. The van der Waals surface area contributed by atoms with E-state index in [-0.39, 0.29) is 29.1 Å². The van der Waals surface area contributed by atoms with E-state index in [1.165, 1.54) is 11.3 Å². The molecule has 2 aromatic rings. The number of rotatable bonds is 9. The second-order valence-corrected chi connectivity index (χ2v) is 10.5. The van der Waals surface area contributed by atoms with Gasteiger partial charge in [-0.05, 0) is 35.8 Å². The Bertz CT molecular complexity index is 889. The second-order valence-electron chi connectivity index (χ2n) is 9.50. The largest absolute Gasteiger partial charge is 0.497 e. The summed E-state index contributed by atoms with van der Waals surface area (Å²) in [5.41, 5.74) is 1.02. The van der Waals surface area contributed by atoms with Gasteiger partial charge in [-0.1, -0.05) is 65.0 Å². The minimum Gasteiger partial charge on any atom is -0.497 e. The van der Waals surface area contributed by atoms with Crippen LogP contribution in [0.4, 0.5) is 5.13 Å². The van der Waals surface area contributed by atoms with Crippen molar-refractivity contribution in [2.45, 2.75) is 60.4 Å². The van der Waals surface area contributed by atoms with Crippen molar-refractivity contribution >= 4 is 28.3 Å². The normalized spacial score (nSPS) is 13.5. The molecule has 1 heterocycles. The van der Waals surface area contributed by atoms with Crippen LogP contribution in [0.1, 0.15) is 54.4 Å². The highest BCUT2D eigenvalue weighted by Crippen LogP contribution is 2.29. The quantitative estimate of drug-likeness (QED) is 0.579. The fourth-order valence-electron chi connectivity index (χ4n) is 3.53. The first-order valence-corrected chi connectivity index (χ1v) is 11.4. The van der Waals surface area contributed by atoms with E-state index in [1.54, 1.807) is 7.11 Å². The van der Waals surface area contributed by atoms with Gasteiger partial charge in [0.1, 0.15) is 16.8 Å². The molecular weight excluding hydrogens is 412 g/mol. The zero-order chi connectivity index (χ0) is 23.2. The van der Waals surface area contributed by atoms with Crippen molar-refractivity contribution in [3.63, 3.8) is 0 Å². The van der Waals surface area contributed by atoms with Crippen molar-refractivity contribution in [1.82, 2.24) is 15.5 Å². The van der Waals surface area contributed by atoms with Gasteiger partial charge in [0, 0.05) is 12.0 Å². The van der Waals surface area contributed by atoms with Crippen LogP contribution < -0.4 is 15.4 Å². The Morgan fingerprint density at radius 2 is 1.87 bits per heavy atom. The van der Waals surface area contributed by atoms with Crippen molar-refractivity contribution in [3.8, 4) is 16.3 Å². The molecule has 7 nitrogen and oxygen atoms in total. The molecule has 0 spiro atoms. The summed E-state index contributed by atoms with van der Waals surface area (Å²) < 4.78 is 5.24. The number of carbonyl (C=O) groups is 2. The molecule has 2 amide bonds. The van der Waals surface area contributed by atoms with Gasteiger partial charge in [-0.3, -0.25) is 14.9 Å². The van der Waals surface area contributed by atoms with Crippen LogP contribution in [0.3, 0.4) is 0 Å². The maximum absolute atomic E-state index is 12.8. The van der Waals surface area contributed by atoms with Crippen molar-refractivity contribution < 1.29 is 14.3 Å². The molecule has 2 unspecified atom stereocenters. The maximum Gasteiger partial charge on any atom is 0.249 e. The highest BCUT2D eigenvalue weighted by atomic mass is 32.1. The molecular formula is C23H34N4O3S. The Labute approximate surface area is 189 Å². The molecule has 2 N–H and O–H groups in total. The lowest BCUT2D eigenvalue weighted by Gasteiger charge is -2.25. The number of benzene rings is 1. The van der Waals surface area contributed by atoms with Gasteiger partial charge in [-0.25, -0.2) is 0 Å². The molecule has 0 aliphatic carbocycles. The second kappa shape index (κ2) is 10.7. The monoisotopic (exact) mass is 446 g/mol. The van der Waals surface area contributed by atoms with Crippen molar-refractivity contribution in [3.05, 3.63) is 24.3 Å². The van der Waals surface area contributed by atoms with Crippen molar-refractivity contribution in [2.24, 2.45) is 17.3 Å². The summed E-state index contributed by atoms with van der Waals surface area (Å²) in [6.07, 6.45) is 1.34. The summed E-state index contributed by atoms with van der Waals surface area (Å²) in [6, 6.07) is 6.86. The number of methoxy groups -OCH3 is 1. The fourth-order valence-corrected chi connectivity index (χ4v) is 4.27. The maximum atomic E-state index is 12.8. The molecule has 0 aliphatic heterocycles. The SMILES string of the molecule is COc1cccc(-c2nnc(NC(=O)C(NC(=O)CC(C)CC(C)(C)C)C(C)C)s2)c1. The van der Waals surface area contributed by atoms with E-state index in [4.69, 9.17) is 4.74 Å².